The topological polar surface area (TPSA) is 32.3 Å². The molecule has 5 heteroatoms. The minimum Gasteiger partial charge on any atom is -0.353 e. The molecule has 1 aromatic heterocycles. The summed E-state index contributed by atoms with van der Waals surface area (Å²) in [5.74, 6) is 1.02. The fourth-order valence-electron chi connectivity index (χ4n) is 2.12. The summed E-state index contributed by atoms with van der Waals surface area (Å²) in [6, 6.07) is 0.621. The van der Waals surface area contributed by atoms with Crippen LogP contribution >= 0.6 is 15.9 Å². The van der Waals surface area contributed by atoms with Gasteiger partial charge in [-0.05, 0) is 29.4 Å². The average Bonchev–Trinajstić information content (AvgIpc) is 2.31. The van der Waals surface area contributed by atoms with Gasteiger partial charge in [0.25, 0.3) is 0 Å². The SMILES string of the molecule is CCC1CN(c2ncncc2Br)CCN1C. The van der Waals surface area contributed by atoms with Crippen molar-refractivity contribution in [2.45, 2.75) is 19.4 Å². The number of anilines is 1. The molecule has 0 bridgehead atoms. The van der Waals surface area contributed by atoms with Crippen LogP contribution in [0.4, 0.5) is 5.82 Å². The molecule has 1 aliphatic rings. The van der Waals surface area contributed by atoms with Crippen molar-refractivity contribution >= 4 is 21.7 Å². The fourth-order valence-corrected chi connectivity index (χ4v) is 2.59. The number of halogens is 1. The normalized spacial score (nSPS) is 22.4. The van der Waals surface area contributed by atoms with Crippen LogP contribution in [0.15, 0.2) is 17.0 Å². The third kappa shape index (κ3) is 2.35. The summed E-state index contributed by atoms with van der Waals surface area (Å²) < 4.78 is 0.981. The molecule has 16 heavy (non-hydrogen) atoms. The first-order valence-corrected chi connectivity index (χ1v) is 6.42. The van der Waals surface area contributed by atoms with E-state index in [9.17, 15) is 0 Å². The molecule has 0 aromatic carbocycles. The molecule has 0 aliphatic carbocycles. The van der Waals surface area contributed by atoms with E-state index in [0.717, 1.165) is 29.9 Å². The van der Waals surface area contributed by atoms with Gasteiger partial charge in [0, 0.05) is 31.9 Å². The van der Waals surface area contributed by atoms with Crippen LogP contribution in [0.25, 0.3) is 0 Å². The van der Waals surface area contributed by atoms with E-state index in [1.54, 1.807) is 6.33 Å². The van der Waals surface area contributed by atoms with Gasteiger partial charge in [-0.1, -0.05) is 6.92 Å². The van der Waals surface area contributed by atoms with Gasteiger partial charge in [-0.25, -0.2) is 9.97 Å². The lowest BCUT2D eigenvalue weighted by molar-refractivity contribution is 0.213. The number of nitrogens with zero attached hydrogens (tertiary/aromatic N) is 4. The van der Waals surface area contributed by atoms with E-state index in [1.165, 1.54) is 6.42 Å². The Kier molecular flexibility index (Phi) is 3.76. The lowest BCUT2D eigenvalue weighted by Crippen LogP contribution is -2.51. The monoisotopic (exact) mass is 284 g/mol. The molecular weight excluding hydrogens is 268 g/mol. The molecule has 0 radical (unpaired) electrons. The Balaban J connectivity index is 2.14. The Morgan fingerprint density at radius 1 is 1.50 bits per heavy atom. The first-order valence-electron chi connectivity index (χ1n) is 5.63. The van der Waals surface area contributed by atoms with Gasteiger partial charge >= 0.3 is 0 Å². The molecular formula is C11H17BrN4. The molecule has 4 nitrogen and oxygen atoms in total. The van der Waals surface area contributed by atoms with Crippen LogP contribution in [0.3, 0.4) is 0 Å². The summed E-state index contributed by atoms with van der Waals surface area (Å²) in [7, 11) is 2.19. The molecule has 2 heterocycles. The lowest BCUT2D eigenvalue weighted by atomic mass is 10.1. The van der Waals surface area contributed by atoms with Crippen LogP contribution in [-0.2, 0) is 0 Å². The van der Waals surface area contributed by atoms with Crippen molar-refractivity contribution in [2.24, 2.45) is 0 Å². The molecule has 1 unspecified atom stereocenters. The third-order valence-electron chi connectivity index (χ3n) is 3.20. The summed E-state index contributed by atoms with van der Waals surface area (Å²) in [6.45, 7) is 5.40. The van der Waals surface area contributed by atoms with Crippen molar-refractivity contribution in [3.05, 3.63) is 17.0 Å². The molecule has 0 saturated carbocycles. The van der Waals surface area contributed by atoms with Crippen molar-refractivity contribution < 1.29 is 0 Å². The molecule has 1 saturated heterocycles. The average molecular weight is 285 g/mol. The van der Waals surface area contributed by atoms with Crippen molar-refractivity contribution in [2.75, 3.05) is 31.6 Å². The first kappa shape index (κ1) is 11.8. The Morgan fingerprint density at radius 3 is 3.00 bits per heavy atom. The number of hydrogen-bond donors (Lipinski definition) is 0. The zero-order chi connectivity index (χ0) is 11.5. The first-order chi connectivity index (χ1) is 7.72. The number of likely N-dealkylation sites (N-methyl/N-ethyl adjacent to an activating group) is 1. The number of hydrogen-bond acceptors (Lipinski definition) is 4. The van der Waals surface area contributed by atoms with Crippen LogP contribution in [0.2, 0.25) is 0 Å². The Hall–Kier alpha value is -0.680. The molecule has 88 valence electrons. The molecule has 0 amide bonds. The summed E-state index contributed by atoms with van der Waals surface area (Å²) in [5.41, 5.74) is 0. The highest BCUT2D eigenvalue weighted by molar-refractivity contribution is 9.10. The van der Waals surface area contributed by atoms with Gasteiger partial charge < -0.3 is 4.90 Å². The Labute approximate surface area is 105 Å². The zero-order valence-electron chi connectivity index (χ0n) is 9.73. The largest absolute Gasteiger partial charge is 0.353 e. The standard InChI is InChI=1S/C11H17BrN4/c1-3-9-7-16(5-4-15(9)2)11-10(12)6-13-8-14-11/h6,8-9H,3-5,7H2,1-2H3. The summed E-state index contributed by atoms with van der Waals surface area (Å²) in [6.07, 6.45) is 4.59. The Bertz CT molecular complexity index is 358. The molecule has 0 N–H and O–H groups in total. The highest BCUT2D eigenvalue weighted by Gasteiger charge is 2.24. The molecule has 1 aromatic rings. The van der Waals surface area contributed by atoms with Crippen LogP contribution in [0, 0.1) is 0 Å². The molecule has 1 fully saturated rings. The molecule has 1 atom stereocenters. The van der Waals surface area contributed by atoms with E-state index >= 15 is 0 Å². The second kappa shape index (κ2) is 5.10. The maximum absolute atomic E-state index is 4.35. The predicted molar refractivity (Wildman–Crippen MR) is 68.7 cm³/mol. The fraction of sp³-hybridized carbons (Fsp3) is 0.636. The van der Waals surface area contributed by atoms with E-state index in [0.29, 0.717) is 6.04 Å². The van der Waals surface area contributed by atoms with Crippen molar-refractivity contribution in [1.29, 1.82) is 0 Å². The van der Waals surface area contributed by atoms with Gasteiger partial charge in [0.1, 0.15) is 12.1 Å². The predicted octanol–water partition coefficient (Wildman–Crippen LogP) is 1.77. The van der Waals surface area contributed by atoms with Crippen molar-refractivity contribution in [3.8, 4) is 0 Å². The number of rotatable bonds is 2. The van der Waals surface area contributed by atoms with Gasteiger partial charge in [0.15, 0.2) is 0 Å². The van der Waals surface area contributed by atoms with E-state index in [4.69, 9.17) is 0 Å². The maximum atomic E-state index is 4.35. The summed E-state index contributed by atoms with van der Waals surface area (Å²) >= 11 is 3.51. The second-order valence-corrected chi connectivity index (χ2v) is 5.04. The van der Waals surface area contributed by atoms with Crippen LogP contribution in [0.5, 0.6) is 0 Å². The maximum Gasteiger partial charge on any atom is 0.146 e. The van der Waals surface area contributed by atoms with Gasteiger partial charge in [-0.3, -0.25) is 4.90 Å². The van der Waals surface area contributed by atoms with E-state index < -0.39 is 0 Å². The Morgan fingerprint density at radius 2 is 2.31 bits per heavy atom. The smallest absolute Gasteiger partial charge is 0.146 e. The van der Waals surface area contributed by atoms with Gasteiger partial charge in [-0.2, -0.15) is 0 Å². The minimum absolute atomic E-state index is 0.621. The quantitative estimate of drug-likeness (QED) is 0.829. The summed E-state index contributed by atoms with van der Waals surface area (Å²) in [4.78, 5) is 13.1. The van der Waals surface area contributed by atoms with E-state index in [2.05, 4.69) is 49.7 Å². The van der Waals surface area contributed by atoms with Crippen LogP contribution in [0.1, 0.15) is 13.3 Å². The van der Waals surface area contributed by atoms with Crippen molar-refractivity contribution in [1.82, 2.24) is 14.9 Å². The van der Waals surface area contributed by atoms with E-state index in [1.807, 2.05) is 6.20 Å². The number of piperazine rings is 1. The minimum atomic E-state index is 0.621. The highest BCUT2D eigenvalue weighted by Crippen LogP contribution is 2.24. The highest BCUT2D eigenvalue weighted by atomic mass is 79.9. The lowest BCUT2D eigenvalue weighted by Gasteiger charge is -2.39. The molecule has 2 rings (SSSR count). The number of aromatic nitrogens is 2. The molecule has 0 spiro atoms. The van der Waals surface area contributed by atoms with E-state index in [-0.39, 0.29) is 0 Å². The zero-order valence-corrected chi connectivity index (χ0v) is 11.3. The van der Waals surface area contributed by atoms with Crippen LogP contribution in [-0.4, -0.2) is 47.6 Å². The second-order valence-electron chi connectivity index (χ2n) is 4.18. The summed E-state index contributed by atoms with van der Waals surface area (Å²) in [5, 5.41) is 0. The third-order valence-corrected chi connectivity index (χ3v) is 3.76. The van der Waals surface area contributed by atoms with Gasteiger partial charge in [0.2, 0.25) is 0 Å². The van der Waals surface area contributed by atoms with Gasteiger partial charge in [-0.15, -0.1) is 0 Å². The van der Waals surface area contributed by atoms with Crippen LogP contribution < -0.4 is 4.90 Å². The van der Waals surface area contributed by atoms with Crippen molar-refractivity contribution in [3.63, 3.8) is 0 Å². The molecule has 1 aliphatic heterocycles. The van der Waals surface area contributed by atoms with Gasteiger partial charge in [0.05, 0.1) is 4.47 Å².